The lowest BCUT2D eigenvalue weighted by Crippen LogP contribution is -2.10. The van der Waals surface area contributed by atoms with Crippen molar-refractivity contribution >= 4 is 28.9 Å². The van der Waals surface area contributed by atoms with Gasteiger partial charge in [-0.2, -0.15) is 11.3 Å². The summed E-state index contributed by atoms with van der Waals surface area (Å²) in [6, 6.07) is 8.53. The third-order valence-electron chi connectivity index (χ3n) is 2.35. The highest BCUT2D eigenvalue weighted by molar-refractivity contribution is 7.08. The number of rotatable bonds is 4. The zero-order valence-corrected chi connectivity index (χ0v) is 10.2. The van der Waals surface area contributed by atoms with Crippen molar-refractivity contribution in [2.24, 2.45) is 0 Å². The van der Waals surface area contributed by atoms with Gasteiger partial charge in [0.05, 0.1) is 12.0 Å². The summed E-state index contributed by atoms with van der Waals surface area (Å²) in [7, 11) is 0. The van der Waals surface area contributed by atoms with Gasteiger partial charge in [0.25, 0.3) is 5.91 Å². The van der Waals surface area contributed by atoms with Gasteiger partial charge < -0.3 is 10.4 Å². The third-order valence-corrected chi connectivity index (χ3v) is 3.03. The van der Waals surface area contributed by atoms with E-state index >= 15 is 0 Å². The molecule has 0 aliphatic carbocycles. The second-order valence-electron chi connectivity index (χ2n) is 3.73. The molecule has 4 nitrogen and oxygen atoms in total. The summed E-state index contributed by atoms with van der Waals surface area (Å²) in [5.74, 6) is -1.03. The molecular weight excluding hydrogens is 250 g/mol. The Hall–Kier alpha value is -2.14. The maximum atomic E-state index is 11.7. The lowest BCUT2D eigenvalue weighted by Gasteiger charge is -2.04. The number of carboxylic acids is 1. The summed E-state index contributed by atoms with van der Waals surface area (Å²) < 4.78 is 0. The first-order valence-corrected chi connectivity index (χ1v) is 6.24. The van der Waals surface area contributed by atoms with Crippen LogP contribution in [0.4, 0.5) is 5.69 Å². The number of nitrogens with one attached hydrogen (secondary N) is 1. The zero-order chi connectivity index (χ0) is 13.0. The maximum absolute atomic E-state index is 11.7. The standard InChI is InChI=1S/C13H11NO3S/c15-12(16)7-9-1-3-11(4-2-9)14-13(17)10-5-6-18-8-10/h1-6,8H,7H2,(H,14,17)(H,15,16). The number of thiophene rings is 1. The molecule has 0 spiro atoms. The van der Waals surface area contributed by atoms with Crippen LogP contribution in [0.1, 0.15) is 15.9 Å². The first-order chi connectivity index (χ1) is 8.65. The maximum Gasteiger partial charge on any atom is 0.307 e. The summed E-state index contributed by atoms with van der Waals surface area (Å²) in [5.41, 5.74) is 1.98. The number of hydrogen-bond acceptors (Lipinski definition) is 3. The smallest absolute Gasteiger partial charge is 0.307 e. The van der Waals surface area contributed by atoms with E-state index in [-0.39, 0.29) is 12.3 Å². The van der Waals surface area contributed by atoms with Crippen molar-refractivity contribution in [2.75, 3.05) is 5.32 Å². The summed E-state index contributed by atoms with van der Waals surface area (Å²) in [4.78, 5) is 22.3. The largest absolute Gasteiger partial charge is 0.481 e. The van der Waals surface area contributed by atoms with E-state index in [0.717, 1.165) is 0 Å². The fraction of sp³-hybridized carbons (Fsp3) is 0.0769. The highest BCUT2D eigenvalue weighted by Crippen LogP contribution is 2.13. The van der Waals surface area contributed by atoms with E-state index in [1.165, 1.54) is 11.3 Å². The Morgan fingerprint density at radius 1 is 1.17 bits per heavy atom. The second kappa shape index (κ2) is 5.46. The van der Waals surface area contributed by atoms with Crippen molar-refractivity contribution in [3.8, 4) is 0 Å². The molecule has 2 aromatic rings. The highest BCUT2D eigenvalue weighted by Gasteiger charge is 2.06. The molecule has 2 N–H and O–H groups in total. The topological polar surface area (TPSA) is 66.4 Å². The average Bonchev–Trinajstić information content (AvgIpc) is 2.84. The Morgan fingerprint density at radius 3 is 2.44 bits per heavy atom. The fourth-order valence-corrected chi connectivity index (χ4v) is 2.11. The van der Waals surface area contributed by atoms with Gasteiger partial charge in [-0.3, -0.25) is 9.59 Å². The Morgan fingerprint density at radius 2 is 1.89 bits per heavy atom. The number of amides is 1. The van der Waals surface area contributed by atoms with Crippen LogP contribution in [0.2, 0.25) is 0 Å². The monoisotopic (exact) mass is 261 g/mol. The Bertz CT molecular complexity index is 546. The Balaban J connectivity index is 2.02. The highest BCUT2D eigenvalue weighted by atomic mass is 32.1. The molecular formula is C13H11NO3S. The molecule has 0 atom stereocenters. The van der Waals surface area contributed by atoms with Crippen molar-refractivity contribution < 1.29 is 14.7 Å². The van der Waals surface area contributed by atoms with Gasteiger partial charge in [-0.1, -0.05) is 12.1 Å². The van der Waals surface area contributed by atoms with Crippen LogP contribution in [0.5, 0.6) is 0 Å². The SMILES string of the molecule is O=C(O)Cc1ccc(NC(=O)c2ccsc2)cc1. The quantitative estimate of drug-likeness (QED) is 0.889. The van der Waals surface area contributed by atoms with Gasteiger partial charge in [-0.15, -0.1) is 0 Å². The molecule has 0 saturated carbocycles. The fourth-order valence-electron chi connectivity index (χ4n) is 1.48. The molecule has 0 fully saturated rings. The first kappa shape index (κ1) is 12.3. The Kier molecular flexibility index (Phi) is 3.74. The van der Waals surface area contributed by atoms with E-state index in [2.05, 4.69) is 5.32 Å². The third kappa shape index (κ3) is 3.18. The van der Waals surface area contributed by atoms with E-state index in [4.69, 9.17) is 5.11 Å². The number of benzene rings is 1. The summed E-state index contributed by atoms with van der Waals surface area (Å²) in [6.07, 6.45) is -0.0151. The number of carbonyl (C=O) groups is 2. The lowest BCUT2D eigenvalue weighted by molar-refractivity contribution is -0.136. The summed E-state index contributed by atoms with van der Waals surface area (Å²) in [5, 5.41) is 15.0. The zero-order valence-electron chi connectivity index (χ0n) is 9.42. The van der Waals surface area contributed by atoms with Crippen LogP contribution in [-0.4, -0.2) is 17.0 Å². The van der Waals surface area contributed by atoms with Gasteiger partial charge in [0, 0.05) is 11.1 Å². The normalized spacial score (nSPS) is 10.0. The van der Waals surface area contributed by atoms with Gasteiger partial charge in [0.2, 0.25) is 0 Å². The molecule has 1 amide bonds. The van der Waals surface area contributed by atoms with E-state index in [1.54, 1.807) is 35.7 Å². The van der Waals surface area contributed by atoms with E-state index in [0.29, 0.717) is 16.8 Å². The molecule has 1 heterocycles. The molecule has 92 valence electrons. The summed E-state index contributed by atoms with van der Waals surface area (Å²) >= 11 is 1.46. The van der Waals surface area contributed by atoms with Crippen LogP contribution in [0, 0.1) is 0 Å². The van der Waals surface area contributed by atoms with Gasteiger partial charge in [0.15, 0.2) is 0 Å². The number of hydrogen-bond donors (Lipinski definition) is 2. The lowest BCUT2D eigenvalue weighted by atomic mass is 10.1. The van der Waals surface area contributed by atoms with Crippen molar-refractivity contribution in [1.29, 1.82) is 0 Å². The molecule has 5 heteroatoms. The molecule has 0 aliphatic heterocycles. The Labute approximate surface area is 108 Å². The van der Waals surface area contributed by atoms with Gasteiger partial charge in [-0.25, -0.2) is 0 Å². The number of anilines is 1. The molecule has 0 saturated heterocycles. The van der Waals surface area contributed by atoms with Crippen molar-refractivity contribution in [2.45, 2.75) is 6.42 Å². The van der Waals surface area contributed by atoms with Crippen molar-refractivity contribution in [3.63, 3.8) is 0 Å². The summed E-state index contributed by atoms with van der Waals surface area (Å²) in [6.45, 7) is 0. The van der Waals surface area contributed by atoms with Crippen molar-refractivity contribution in [1.82, 2.24) is 0 Å². The molecule has 0 radical (unpaired) electrons. The average molecular weight is 261 g/mol. The minimum atomic E-state index is -0.870. The number of carboxylic acid groups (broad SMARTS) is 1. The van der Waals surface area contributed by atoms with E-state index in [1.807, 2.05) is 5.38 Å². The van der Waals surface area contributed by atoms with Crippen molar-refractivity contribution in [3.05, 3.63) is 52.2 Å². The first-order valence-electron chi connectivity index (χ1n) is 5.29. The molecule has 0 bridgehead atoms. The van der Waals surface area contributed by atoms with E-state index < -0.39 is 5.97 Å². The van der Waals surface area contributed by atoms with Crippen LogP contribution in [-0.2, 0) is 11.2 Å². The van der Waals surface area contributed by atoms with Crippen LogP contribution < -0.4 is 5.32 Å². The van der Waals surface area contributed by atoms with Gasteiger partial charge in [0.1, 0.15) is 0 Å². The molecule has 1 aromatic carbocycles. The van der Waals surface area contributed by atoms with Crippen LogP contribution in [0.3, 0.4) is 0 Å². The van der Waals surface area contributed by atoms with E-state index in [9.17, 15) is 9.59 Å². The molecule has 1 aromatic heterocycles. The van der Waals surface area contributed by atoms with Crippen LogP contribution >= 0.6 is 11.3 Å². The van der Waals surface area contributed by atoms with Crippen LogP contribution in [0.15, 0.2) is 41.1 Å². The second-order valence-corrected chi connectivity index (χ2v) is 4.51. The predicted molar refractivity (Wildman–Crippen MR) is 70.1 cm³/mol. The molecule has 0 unspecified atom stereocenters. The van der Waals surface area contributed by atoms with Gasteiger partial charge in [-0.05, 0) is 29.1 Å². The molecule has 18 heavy (non-hydrogen) atoms. The van der Waals surface area contributed by atoms with Crippen LogP contribution in [0.25, 0.3) is 0 Å². The minimum Gasteiger partial charge on any atom is -0.481 e. The predicted octanol–water partition coefficient (Wildman–Crippen LogP) is 2.63. The number of carbonyl (C=O) groups excluding carboxylic acids is 1. The van der Waals surface area contributed by atoms with Gasteiger partial charge >= 0.3 is 5.97 Å². The minimum absolute atomic E-state index is 0.0151. The molecule has 0 aliphatic rings. The molecule has 2 rings (SSSR count). The number of aliphatic carboxylic acids is 1.